The summed E-state index contributed by atoms with van der Waals surface area (Å²) in [5.74, 6) is -3.93. The number of benzene rings is 1. The fraction of sp³-hybridized carbons (Fsp3) is 0.455. The summed E-state index contributed by atoms with van der Waals surface area (Å²) in [6.45, 7) is 0. The molecule has 3 nitrogen and oxygen atoms in total. The van der Waals surface area contributed by atoms with E-state index in [9.17, 15) is 21.6 Å². The third-order valence-corrected chi connectivity index (χ3v) is 4.62. The first-order valence-corrected chi connectivity index (χ1v) is 7.31. The van der Waals surface area contributed by atoms with Gasteiger partial charge in [-0.2, -0.15) is 0 Å². The Bertz CT molecular complexity index is 522. The highest BCUT2D eigenvalue weighted by Gasteiger charge is 2.23. The predicted octanol–water partition coefficient (Wildman–Crippen LogP) is 2.09. The largest absolute Gasteiger partial charge is 0.382 e. The summed E-state index contributed by atoms with van der Waals surface area (Å²) in [7, 11) is -2.98. The van der Waals surface area contributed by atoms with Crippen molar-refractivity contribution < 1.29 is 21.6 Å². The van der Waals surface area contributed by atoms with Gasteiger partial charge in [0.25, 0.3) is 0 Å². The van der Waals surface area contributed by atoms with Gasteiger partial charge in [-0.1, -0.05) is 0 Å². The van der Waals surface area contributed by atoms with Crippen LogP contribution in [-0.2, 0) is 9.84 Å². The van der Waals surface area contributed by atoms with Crippen LogP contribution in [0.5, 0.6) is 0 Å². The Balaban J connectivity index is 2.07. The van der Waals surface area contributed by atoms with E-state index in [1.165, 1.54) is 0 Å². The number of rotatable bonds is 2. The Hall–Kier alpha value is -1.24. The fourth-order valence-electron chi connectivity index (χ4n) is 1.91. The minimum atomic E-state index is -2.98. The molecule has 0 bridgehead atoms. The van der Waals surface area contributed by atoms with Gasteiger partial charge in [0.15, 0.2) is 17.5 Å². The van der Waals surface area contributed by atoms with Crippen molar-refractivity contribution in [3.05, 3.63) is 29.6 Å². The van der Waals surface area contributed by atoms with E-state index >= 15 is 0 Å². The molecule has 1 aromatic rings. The quantitative estimate of drug-likeness (QED) is 0.843. The highest BCUT2D eigenvalue weighted by Crippen LogP contribution is 2.21. The van der Waals surface area contributed by atoms with Gasteiger partial charge in [-0.15, -0.1) is 0 Å². The van der Waals surface area contributed by atoms with Crippen molar-refractivity contribution in [1.82, 2.24) is 0 Å². The van der Waals surface area contributed by atoms with Gasteiger partial charge < -0.3 is 5.32 Å². The van der Waals surface area contributed by atoms with Crippen LogP contribution >= 0.6 is 0 Å². The third-order valence-electron chi connectivity index (χ3n) is 2.91. The van der Waals surface area contributed by atoms with Crippen LogP contribution in [0.1, 0.15) is 12.8 Å². The Morgan fingerprint density at radius 2 is 1.56 bits per heavy atom. The van der Waals surface area contributed by atoms with E-state index in [1.54, 1.807) is 0 Å². The van der Waals surface area contributed by atoms with Crippen LogP contribution in [-0.4, -0.2) is 26.0 Å². The van der Waals surface area contributed by atoms with Crippen molar-refractivity contribution >= 4 is 15.5 Å². The summed E-state index contributed by atoms with van der Waals surface area (Å²) in [4.78, 5) is 0. The van der Waals surface area contributed by atoms with Gasteiger partial charge in [-0.05, 0) is 12.8 Å². The van der Waals surface area contributed by atoms with Crippen LogP contribution < -0.4 is 5.32 Å². The first-order chi connectivity index (χ1) is 8.37. The zero-order chi connectivity index (χ0) is 13.3. The van der Waals surface area contributed by atoms with Crippen molar-refractivity contribution in [2.75, 3.05) is 16.8 Å². The van der Waals surface area contributed by atoms with E-state index in [2.05, 4.69) is 5.32 Å². The predicted molar refractivity (Wildman–Crippen MR) is 61.6 cm³/mol. The lowest BCUT2D eigenvalue weighted by atomic mass is 10.1. The number of halogens is 3. The molecule has 1 aliphatic rings. The molecule has 2 rings (SSSR count). The van der Waals surface area contributed by atoms with Crippen molar-refractivity contribution in [2.24, 2.45) is 0 Å². The molecule has 1 saturated heterocycles. The van der Waals surface area contributed by atoms with Crippen LogP contribution in [0.25, 0.3) is 0 Å². The average molecular weight is 279 g/mol. The second-order valence-corrected chi connectivity index (χ2v) is 6.63. The first kappa shape index (κ1) is 13.2. The average Bonchev–Trinajstić information content (AvgIpc) is 2.29. The summed E-state index contributed by atoms with van der Waals surface area (Å²) in [6.07, 6.45) is 0.756. The van der Waals surface area contributed by atoms with E-state index < -0.39 is 27.3 Å². The van der Waals surface area contributed by atoms with Crippen LogP contribution in [0.15, 0.2) is 12.1 Å². The molecule has 0 aliphatic carbocycles. The molecule has 1 N–H and O–H groups in total. The summed E-state index contributed by atoms with van der Waals surface area (Å²) in [6, 6.07) is 1.56. The van der Waals surface area contributed by atoms with Crippen molar-refractivity contribution in [2.45, 2.75) is 18.9 Å². The van der Waals surface area contributed by atoms with Gasteiger partial charge in [-0.25, -0.2) is 21.6 Å². The van der Waals surface area contributed by atoms with Crippen molar-refractivity contribution in [3.63, 3.8) is 0 Å². The number of anilines is 1. The van der Waals surface area contributed by atoms with Crippen LogP contribution in [0, 0.1) is 17.5 Å². The maximum atomic E-state index is 13.0. The number of hydrogen-bond acceptors (Lipinski definition) is 3. The molecule has 0 atom stereocenters. The van der Waals surface area contributed by atoms with E-state index in [1.807, 2.05) is 0 Å². The molecule has 1 aliphatic heterocycles. The molecule has 1 aromatic carbocycles. The maximum Gasteiger partial charge on any atom is 0.194 e. The normalized spacial score (nSPS) is 19.7. The minimum Gasteiger partial charge on any atom is -0.382 e. The zero-order valence-corrected chi connectivity index (χ0v) is 10.2. The van der Waals surface area contributed by atoms with Crippen molar-refractivity contribution in [1.29, 1.82) is 0 Å². The monoisotopic (exact) mass is 279 g/mol. The molecule has 0 saturated carbocycles. The molecule has 0 aromatic heterocycles. The van der Waals surface area contributed by atoms with Crippen LogP contribution in [0.4, 0.5) is 18.9 Å². The zero-order valence-electron chi connectivity index (χ0n) is 9.42. The fourth-order valence-corrected chi connectivity index (χ4v) is 3.40. The third kappa shape index (κ3) is 2.95. The second kappa shape index (κ2) is 4.79. The van der Waals surface area contributed by atoms with Crippen molar-refractivity contribution in [3.8, 4) is 0 Å². The summed E-state index contributed by atoms with van der Waals surface area (Å²) in [5.41, 5.74) is 0.121. The molecule has 0 unspecified atom stereocenters. The summed E-state index contributed by atoms with van der Waals surface area (Å²) in [5, 5.41) is 2.82. The molecule has 18 heavy (non-hydrogen) atoms. The minimum absolute atomic E-state index is 0.0524. The smallest absolute Gasteiger partial charge is 0.194 e. The van der Waals surface area contributed by atoms with Crippen LogP contribution in [0.2, 0.25) is 0 Å². The molecule has 0 amide bonds. The molecular formula is C11H12F3NO2S. The maximum absolute atomic E-state index is 13.0. The lowest BCUT2D eigenvalue weighted by Gasteiger charge is -2.24. The molecule has 0 spiro atoms. The van der Waals surface area contributed by atoms with Gasteiger partial charge in [0.1, 0.15) is 9.84 Å². The standard InChI is InChI=1S/C11H12F3NO2S/c12-9-5-8(6-10(13)11(9)14)15-7-1-3-18(16,17)4-2-7/h5-7,15H,1-4H2. The SMILES string of the molecule is O=S1(=O)CCC(Nc2cc(F)c(F)c(F)c2)CC1. The summed E-state index contributed by atoms with van der Waals surface area (Å²) >= 11 is 0. The van der Waals surface area contributed by atoms with E-state index in [0.29, 0.717) is 12.8 Å². The Morgan fingerprint density at radius 3 is 2.06 bits per heavy atom. The summed E-state index contributed by atoms with van der Waals surface area (Å²) < 4.78 is 61.1. The second-order valence-electron chi connectivity index (χ2n) is 4.32. The van der Waals surface area contributed by atoms with E-state index in [-0.39, 0.29) is 23.2 Å². The van der Waals surface area contributed by atoms with E-state index in [0.717, 1.165) is 12.1 Å². The van der Waals surface area contributed by atoms with Crippen LogP contribution in [0.3, 0.4) is 0 Å². The lowest BCUT2D eigenvalue weighted by molar-refractivity contribution is 0.447. The van der Waals surface area contributed by atoms with Gasteiger partial charge >= 0.3 is 0 Å². The van der Waals surface area contributed by atoms with Gasteiger partial charge in [0, 0.05) is 23.9 Å². The molecule has 100 valence electrons. The lowest BCUT2D eigenvalue weighted by Crippen LogP contribution is -2.32. The van der Waals surface area contributed by atoms with E-state index in [4.69, 9.17) is 0 Å². The molecule has 0 radical (unpaired) electrons. The number of hydrogen-bond donors (Lipinski definition) is 1. The highest BCUT2D eigenvalue weighted by molar-refractivity contribution is 7.91. The Labute approximate surface area is 103 Å². The Morgan fingerprint density at radius 1 is 1.06 bits per heavy atom. The number of sulfone groups is 1. The van der Waals surface area contributed by atoms with Gasteiger partial charge in [0.05, 0.1) is 11.5 Å². The topological polar surface area (TPSA) is 46.2 Å². The van der Waals surface area contributed by atoms with Gasteiger partial charge in [0.2, 0.25) is 0 Å². The molecule has 7 heteroatoms. The number of nitrogens with one attached hydrogen (secondary N) is 1. The Kier molecular flexibility index (Phi) is 3.52. The molecule has 1 heterocycles. The molecule has 1 fully saturated rings. The highest BCUT2D eigenvalue weighted by atomic mass is 32.2. The molecular weight excluding hydrogens is 267 g/mol. The first-order valence-electron chi connectivity index (χ1n) is 5.49. The van der Waals surface area contributed by atoms with Gasteiger partial charge in [-0.3, -0.25) is 0 Å².